The van der Waals surface area contributed by atoms with Crippen LogP contribution < -0.4 is 14.6 Å². The Labute approximate surface area is 138 Å². The third kappa shape index (κ3) is 2.71. The molecule has 1 aromatic carbocycles. The predicted octanol–water partition coefficient (Wildman–Crippen LogP) is 1.13. The van der Waals surface area contributed by atoms with E-state index in [0.717, 1.165) is 0 Å². The number of nitrogens with zero attached hydrogens (tertiary/aromatic N) is 2. The fourth-order valence-electron chi connectivity index (χ4n) is 2.89. The SMILES string of the molecule is COc1ccc(C2C(=C=[N-])C(=O)NC(=O)C2[n+]2ccccc2)cc1. The maximum absolute atomic E-state index is 12.5. The molecule has 1 aromatic heterocycles. The number of amides is 2. The molecule has 2 atom stereocenters. The number of carbonyl (C=O) groups excluding carboxylic acids is 2. The largest absolute Gasteiger partial charge is 0.763 e. The molecule has 2 amide bonds. The number of benzene rings is 1. The van der Waals surface area contributed by atoms with Gasteiger partial charge in [-0.1, -0.05) is 18.2 Å². The minimum atomic E-state index is -0.716. The van der Waals surface area contributed by atoms with Crippen LogP contribution in [0.4, 0.5) is 0 Å². The number of ether oxygens (including phenoxy) is 1. The van der Waals surface area contributed by atoms with Gasteiger partial charge in [-0.2, -0.15) is 4.57 Å². The van der Waals surface area contributed by atoms with Crippen molar-refractivity contribution in [3.63, 3.8) is 0 Å². The second kappa shape index (κ2) is 6.48. The van der Waals surface area contributed by atoms with E-state index in [-0.39, 0.29) is 5.57 Å². The quantitative estimate of drug-likeness (QED) is 0.398. The van der Waals surface area contributed by atoms with Crippen molar-refractivity contribution in [1.82, 2.24) is 5.32 Å². The van der Waals surface area contributed by atoms with E-state index in [0.29, 0.717) is 11.3 Å². The van der Waals surface area contributed by atoms with Crippen LogP contribution in [-0.4, -0.2) is 24.8 Å². The molecule has 0 radical (unpaired) electrons. The molecule has 2 heterocycles. The lowest BCUT2D eigenvalue weighted by molar-refractivity contribution is -0.711. The highest BCUT2D eigenvalue weighted by Crippen LogP contribution is 2.35. The number of aromatic nitrogens is 1. The van der Waals surface area contributed by atoms with Gasteiger partial charge in [0.15, 0.2) is 12.4 Å². The van der Waals surface area contributed by atoms with Crippen molar-refractivity contribution in [1.29, 1.82) is 0 Å². The first kappa shape index (κ1) is 15.6. The molecule has 1 N–H and O–H groups in total. The summed E-state index contributed by atoms with van der Waals surface area (Å²) in [7, 11) is 1.56. The molecule has 0 aliphatic carbocycles. The predicted molar refractivity (Wildman–Crippen MR) is 86.4 cm³/mol. The number of hydrogen-bond acceptors (Lipinski definition) is 3. The van der Waals surface area contributed by atoms with Crippen molar-refractivity contribution < 1.29 is 18.9 Å². The molecule has 2 unspecified atom stereocenters. The average Bonchev–Trinajstić information content (AvgIpc) is 2.62. The lowest BCUT2D eigenvalue weighted by Gasteiger charge is -2.28. The number of imide groups is 1. The van der Waals surface area contributed by atoms with Gasteiger partial charge in [-0.05, 0) is 17.7 Å². The smallest absolute Gasteiger partial charge is 0.296 e. The third-order valence-electron chi connectivity index (χ3n) is 4.03. The Kier molecular flexibility index (Phi) is 4.22. The van der Waals surface area contributed by atoms with Gasteiger partial charge in [-0.3, -0.25) is 20.8 Å². The van der Waals surface area contributed by atoms with Crippen molar-refractivity contribution in [3.8, 4) is 5.75 Å². The zero-order valence-corrected chi connectivity index (χ0v) is 13.0. The first-order valence-electron chi connectivity index (χ1n) is 7.37. The average molecular weight is 321 g/mol. The number of piperidine rings is 1. The number of rotatable bonds is 3. The summed E-state index contributed by atoms with van der Waals surface area (Å²) in [6, 6.07) is 11.7. The van der Waals surface area contributed by atoms with Crippen LogP contribution >= 0.6 is 0 Å². The molecule has 1 aliphatic rings. The summed E-state index contributed by atoms with van der Waals surface area (Å²) >= 11 is 0. The van der Waals surface area contributed by atoms with Crippen LogP contribution in [0.25, 0.3) is 5.41 Å². The Morgan fingerprint density at radius 2 is 1.79 bits per heavy atom. The Morgan fingerprint density at radius 3 is 2.38 bits per heavy atom. The molecule has 24 heavy (non-hydrogen) atoms. The van der Waals surface area contributed by atoms with E-state index >= 15 is 0 Å². The Hall–Kier alpha value is -3.24. The second-order valence-corrected chi connectivity index (χ2v) is 5.36. The molecule has 0 saturated carbocycles. The normalized spacial score (nSPS) is 20.3. The van der Waals surface area contributed by atoms with Gasteiger partial charge in [0.25, 0.3) is 11.8 Å². The number of methoxy groups -OCH3 is 1. The Balaban J connectivity index is 2.14. The van der Waals surface area contributed by atoms with Crippen LogP contribution in [-0.2, 0) is 9.59 Å². The molecule has 120 valence electrons. The topological polar surface area (TPSA) is 81.6 Å². The second-order valence-electron chi connectivity index (χ2n) is 5.36. The van der Waals surface area contributed by atoms with Crippen molar-refractivity contribution in [2.45, 2.75) is 12.0 Å². The standard InChI is InChI=1S/C18H15N3O3/c1-24-13-7-5-12(6-8-13)15-14(11-19)17(22)20-18(23)16(15)21-9-3-2-4-10-21/h2-10,15-16H,1H3,(H,20,22,23). The Bertz CT molecular complexity index is 824. The van der Waals surface area contributed by atoms with E-state index in [1.807, 2.05) is 11.9 Å². The first-order chi connectivity index (χ1) is 11.7. The molecule has 6 nitrogen and oxygen atoms in total. The van der Waals surface area contributed by atoms with Gasteiger partial charge >= 0.3 is 0 Å². The fourth-order valence-corrected chi connectivity index (χ4v) is 2.89. The van der Waals surface area contributed by atoms with Crippen LogP contribution in [0.1, 0.15) is 17.5 Å². The summed E-state index contributed by atoms with van der Waals surface area (Å²) in [6.45, 7) is 0. The summed E-state index contributed by atoms with van der Waals surface area (Å²) < 4.78 is 6.84. The van der Waals surface area contributed by atoms with E-state index in [1.54, 1.807) is 60.5 Å². The van der Waals surface area contributed by atoms with E-state index in [9.17, 15) is 15.0 Å². The van der Waals surface area contributed by atoms with Crippen LogP contribution in [0, 0.1) is 0 Å². The van der Waals surface area contributed by atoms with Gasteiger partial charge in [-0.15, -0.1) is 0 Å². The molecule has 2 aromatic rings. The van der Waals surface area contributed by atoms with Crippen molar-refractivity contribution in [3.05, 3.63) is 71.4 Å². The molecule has 0 bridgehead atoms. The summed E-state index contributed by atoms with van der Waals surface area (Å²) in [5.41, 5.74) is 0.720. The zero-order valence-electron chi connectivity index (χ0n) is 13.0. The zero-order chi connectivity index (χ0) is 17.1. The van der Waals surface area contributed by atoms with Gasteiger partial charge in [-0.25, -0.2) is 0 Å². The highest BCUT2D eigenvalue weighted by Gasteiger charge is 2.46. The van der Waals surface area contributed by atoms with Gasteiger partial charge in [0.1, 0.15) is 5.75 Å². The van der Waals surface area contributed by atoms with Gasteiger partial charge < -0.3 is 10.1 Å². The van der Waals surface area contributed by atoms with Crippen molar-refractivity contribution in [2.75, 3.05) is 7.11 Å². The number of carbonyl (C=O) groups is 2. The monoisotopic (exact) mass is 321 g/mol. The molecule has 1 fully saturated rings. The maximum atomic E-state index is 12.5. The molecule has 1 aliphatic heterocycles. The van der Waals surface area contributed by atoms with E-state index < -0.39 is 23.8 Å². The molecule has 3 rings (SSSR count). The van der Waals surface area contributed by atoms with E-state index in [2.05, 4.69) is 5.32 Å². The molecule has 6 heteroatoms. The summed E-state index contributed by atoms with van der Waals surface area (Å²) in [5.74, 6) is 0.884. The molecular formula is C18H15N3O3. The highest BCUT2D eigenvalue weighted by atomic mass is 16.5. The first-order valence-corrected chi connectivity index (χ1v) is 7.37. The highest BCUT2D eigenvalue weighted by molar-refractivity contribution is 6.14. The summed E-state index contributed by atoms with van der Waals surface area (Å²) in [4.78, 5) is 24.6. The van der Waals surface area contributed by atoms with E-state index in [1.165, 1.54) is 0 Å². The molecular weight excluding hydrogens is 306 g/mol. The Morgan fingerprint density at radius 1 is 1.12 bits per heavy atom. The van der Waals surface area contributed by atoms with Crippen LogP contribution in [0.15, 0.2) is 60.4 Å². The minimum absolute atomic E-state index is 0.0149. The number of nitrogens with one attached hydrogen (secondary N) is 1. The fraction of sp³-hybridized carbons (Fsp3) is 0.167. The van der Waals surface area contributed by atoms with E-state index in [4.69, 9.17) is 4.74 Å². The molecule has 0 spiro atoms. The van der Waals surface area contributed by atoms with Crippen molar-refractivity contribution >= 4 is 17.7 Å². The third-order valence-corrected chi connectivity index (χ3v) is 4.03. The van der Waals surface area contributed by atoms with Gasteiger partial charge in [0, 0.05) is 12.1 Å². The number of pyridine rings is 1. The van der Waals surface area contributed by atoms with Crippen molar-refractivity contribution in [2.24, 2.45) is 0 Å². The van der Waals surface area contributed by atoms with Gasteiger partial charge in [0.05, 0.1) is 18.6 Å². The number of hydrogen-bond donors (Lipinski definition) is 1. The summed E-state index contributed by atoms with van der Waals surface area (Å²) in [5, 5.41) is 11.7. The lowest BCUT2D eigenvalue weighted by atomic mass is 9.81. The van der Waals surface area contributed by atoms with Crippen LogP contribution in [0.5, 0.6) is 5.75 Å². The maximum Gasteiger partial charge on any atom is 0.296 e. The van der Waals surface area contributed by atoms with Crippen LogP contribution in [0.3, 0.4) is 0 Å². The lowest BCUT2D eigenvalue weighted by Crippen LogP contribution is -2.57. The van der Waals surface area contributed by atoms with Gasteiger partial charge in [0.2, 0.25) is 6.04 Å². The van der Waals surface area contributed by atoms with Crippen LogP contribution in [0.2, 0.25) is 0 Å². The summed E-state index contributed by atoms with van der Waals surface area (Å²) in [6.07, 6.45) is 3.48. The molecule has 1 saturated heterocycles. The minimum Gasteiger partial charge on any atom is -0.763 e.